The Morgan fingerprint density at radius 3 is 2.86 bits per heavy atom. The zero-order chi connectivity index (χ0) is 10.6. The Labute approximate surface area is 79.8 Å². The highest BCUT2D eigenvalue weighted by molar-refractivity contribution is 5.90. The first kappa shape index (κ1) is 10.2. The Balaban J connectivity index is 2.49. The van der Waals surface area contributed by atoms with E-state index in [1.54, 1.807) is 0 Å². The summed E-state index contributed by atoms with van der Waals surface area (Å²) in [7, 11) is 1.51. The van der Waals surface area contributed by atoms with Gasteiger partial charge in [-0.2, -0.15) is 5.10 Å². The van der Waals surface area contributed by atoms with Crippen LogP contribution in [0.4, 0.5) is 0 Å². The molecule has 0 radical (unpaired) electrons. The number of hydrogen-bond donors (Lipinski definition) is 2. The molecule has 1 aromatic rings. The lowest BCUT2D eigenvalue weighted by atomic mass is 10.4. The number of carboxylic acids is 1. The van der Waals surface area contributed by atoms with Gasteiger partial charge >= 0.3 is 5.97 Å². The van der Waals surface area contributed by atoms with Crippen molar-refractivity contribution in [2.75, 3.05) is 13.6 Å². The van der Waals surface area contributed by atoms with Crippen molar-refractivity contribution >= 4 is 11.9 Å². The first-order valence-corrected chi connectivity index (χ1v) is 3.94. The van der Waals surface area contributed by atoms with Crippen molar-refractivity contribution in [2.24, 2.45) is 0 Å². The molecule has 7 heteroatoms. The second-order valence-corrected chi connectivity index (χ2v) is 2.70. The van der Waals surface area contributed by atoms with Crippen LogP contribution in [0.2, 0.25) is 0 Å². The Kier molecular flexibility index (Phi) is 3.16. The lowest BCUT2D eigenvalue weighted by molar-refractivity contribution is -0.137. The van der Waals surface area contributed by atoms with Gasteiger partial charge in [-0.1, -0.05) is 0 Å². The molecular weight excluding hydrogens is 188 g/mol. The van der Waals surface area contributed by atoms with E-state index in [4.69, 9.17) is 5.11 Å². The summed E-state index contributed by atoms with van der Waals surface area (Å²) in [6, 6.07) is 0. The number of hydrogen-bond acceptors (Lipinski definition) is 4. The first-order valence-electron chi connectivity index (χ1n) is 3.94. The third-order valence-corrected chi connectivity index (χ3v) is 1.63. The number of aliphatic carboxylic acids is 1. The lowest BCUT2D eigenvalue weighted by Gasteiger charge is -2.13. The number of H-pyrrole nitrogens is 1. The fourth-order valence-electron chi connectivity index (χ4n) is 0.854. The van der Waals surface area contributed by atoms with Crippen LogP contribution in [0.25, 0.3) is 0 Å². The molecular formula is C7H10N4O3. The lowest BCUT2D eigenvalue weighted by Crippen LogP contribution is -2.29. The van der Waals surface area contributed by atoms with E-state index < -0.39 is 5.97 Å². The minimum Gasteiger partial charge on any atom is -0.481 e. The van der Waals surface area contributed by atoms with Crippen LogP contribution < -0.4 is 0 Å². The first-order chi connectivity index (χ1) is 6.61. The number of aromatic amines is 1. The Morgan fingerprint density at radius 1 is 1.64 bits per heavy atom. The van der Waals surface area contributed by atoms with Gasteiger partial charge in [0, 0.05) is 13.6 Å². The molecule has 7 nitrogen and oxygen atoms in total. The molecule has 0 aliphatic carbocycles. The molecule has 0 unspecified atom stereocenters. The van der Waals surface area contributed by atoms with Crippen molar-refractivity contribution < 1.29 is 14.7 Å². The van der Waals surface area contributed by atoms with E-state index in [-0.39, 0.29) is 24.7 Å². The van der Waals surface area contributed by atoms with Gasteiger partial charge in [0.2, 0.25) is 5.82 Å². The smallest absolute Gasteiger partial charge is 0.305 e. The molecule has 1 heterocycles. The van der Waals surface area contributed by atoms with Gasteiger partial charge in [-0.25, -0.2) is 4.98 Å². The van der Waals surface area contributed by atoms with Crippen LogP contribution in [0, 0.1) is 0 Å². The number of carbonyl (C=O) groups excluding carboxylic acids is 1. The quantitative estimate of drug-likeness (QED) is 0.669. The average Bonchev–Trinajstić information content (AvgIpc) is 2.65. The molecule has 0 saturated heterocycles. The molecule has 0 saturated carbocycles. The van der Waals surface area contributed by atoms with Gasteiger partial charge in [0.25, 0.3) is 5.91 Å². The monoisotopic (exact) mass is 198 g/mol. The Hall–Kier alpha value is -1.92. The summed E-state index contributed by atoms with van der Waals surface area (Å²) in [6.07, 6.45) is 1.13. The SMILES string of the molecule is CN(CCC(=O)O)C(=O)c1ncn[nH]1. The van der Waals surface area contributed by atoms with Crippen LogP contribution in [-0.2, 0) is 4.79 Å². The van der Waals surface area contributed by atoms with Crippen molar-refractivity contribution in [2.45, 2.75) is 6.42 Å². The second kappa shape index (κ2) is 4.35. The summed E-state index contributed by atoms with van der Waals surface area (Å²) in [6.45, 7) is 0.148. The van der Waals surface area contributed by atoms with Crippen LogP contribution in [-0.4, -0.2) is 50.7 Å². The van der Waals surface area contributed by atoms with Crippen LogP contribution in [0.5, 0.6) is 0 Å². The van der Waals surface area contributed by atoms with Crippen LogP contribution >= 0.6 is 0 Å². The molecule has 1 aromatic heterocycles. The van der Waals surface area contributed by atoms with Gasteiger partial charge < -0.3 is 10.0 Å². The fourth-order valence-corrected chi connectivity index (χ4v) is 0.854. The van der Waals surface area contributed by atoms with E-state index in [2.05, 4.69) is 15.2 Å². The van der Waals surface area contributed by atoms with E-state index in [1.807, 2.05) is 0 Å². The zero-order valence-electron chi connectivity index (χ0n) is 7.60. The number of nitrogens with one attached hydrogen (secondary N) is 1. The van der Waals surface area contributed by atoms with E-state index in [1.165, 1.54) is 18.3 Å². The summed E-state index contributed by atoms with van der Waals surface area (Å²) in [5.41, 5.74) is 0. The molecule has 0 bridgehead atoms. The standard InChI is InChI=1S/C7H10N4O3/c1-11(3-2-5(12)13)7(14)6-8-4-9-10-6/h4H,2-3H2,1H3,(H,12,13)(H,8,9,10). The van der Waals surface area contributed by atoms with Crippen LogP contribution in [0.3, 0.4) is 0 Å². The van der Waals surface area contributed by atoms with Crippen LogP contribution in [0.1, 0.15) is 17.0 Å². The van der Waals surface area contributed by atoms with Gasteiger partial charge in [0.15, 0.2) is 0 Å². The average molecular weight is 198 g/mol. The predicted molar refractivity (Wildman–Crippen MR) is 45.6 cm³/mol. The van der Waals surface area contributed by atoms with E-state index >= 15 is 0 Å². The highest BCUT2D eigenvalue weighted by atomic mass is 16.4. The van der Waals surface area contributed by atoms with Crippen LogP contribution in [0.15, 0.2) is 6.33 Å². The summed E-state index contributed by atoms with van der Waals surface area (Å²) in [5.74, 6) is -1.20. The van der Waals surface area contributed by atoms with Gasteiger partial charge in [-0.15, -0.1) is 0 Å². The number of amides is 1. The van der Waals surface area contributed by atoms with Crippen molar-refractivity contribution in [3.8, 4) is 0 Å². The molecule has 0 spiro atoms. The largest absolute Gasteiger partial charge is 0.481 e. The normalized spacial score (nSPS) is 9.79. The third kappa shape index (κ3) is 2.54. The molecule has 76 valence electrons. The Bertz CT molecular complexity index is 322. The summed E-state index contributed by atoms with van der Waals surface area (Å²) < 4.78 is 0. The number of aromatic nitrogens is 3. The molecule has 0 aliphatic rings. The summed E-state index contributed by atoms with van der Waals surface area (Å²) >= 11 is 0. The van der Waals surface area contributed by atoms with Crippen molar-refractivity contribution in [3.63, 3.8) is 0 Å². The number of nitrogens with zero attached hydrogens (tertiary/aromatic N) is 3. The number of rotatable bonds is 4. The van der Waals surface area contributed by atoms with E-state index in [0.29, 0.717) is 0 Å². The Morgan fingerprint density at radius 2 is 2.36 bits per heavy atom. The van der Waals surface area contributed by atoms with Crippen molar-refractivity contribution in [3.05, 3.63) is 12.2 Å². The molecule has 1 rings (SSSR count). The minimum absolute atomic E-state index is 0.0869. The molecule has 14 heavy (non-hydrogen) atoms. The second-order valence-electron chi connectivity index (χ2n) is 2.70. The highest BCUT2D eigenvalue weighted by Gasteiger charge is 2.14. The number of carbonyl (C=O) groups is 2. The minimum atomic E-state index is -0.942. The predicted octanol–water partition coefficient (Wildman–Crippen LogP) is -0.649. The zero-order valence-corrected chi connectivity index (χ0v) is 7.60. The van der Waals surface area contributed by atoms with Crippen molar-refractivity contribution in [1.82, 2.24) is 20.1 Å². The van der Waals surface area contributed by atoms with Gasteiger partial charge in [0.05, 0.1) is 6.42 Å². The maximum atomic E-state index is 11.4. The maximum absolute atomic E-state index is 11.4. The maximum Gasteiger partial charge on any atom is 0.305 e. The third-order valence-electron chi connectivity index (χ3n) is 1.63. The number of carboxylic acid groups (broad SMARTS) is 1. The van der Waals surface area contributed by atoms with Gasteiger partial charge in [-0.05, 0) is 0 Å². The molecule has 2 N–H and O–H groups in total. The molecule has 0 aliphatic heterocycles. The topological polar surface area (TPSA) is 99.2 Å². The highest BCUT2D eigenvalue weighted by Crippen LogP contribution is 1.95. The summed E-state index contributed by atoms with van der Waals surface area (Å²) in [5, 5.41) is 14.3. The summed E-state index contributed by atoms with van der Waals surface area (Å²) in [4.78, 5) is 26.6. The van der Waals surface area contributed by atoms with E-state index in [9.17, 15) is 9.59 Å². The van der Waals surface area contributed by atoms with Crippen molar-refractivity contribution in [1.29, 1.82) is 0 Å². The van der Waals surface area contributed by atoms with E-state index in [0.717, 1.165) is 0 Å². The molecule has 0 aromatic carbocycles. The fraction of sp³-hybridized carbons (Fsp3) is 0.429. The molecule has 1 amide bonds. The van der Waals surface area contributed by atoms with Gasteiger partial charge in [0.1, 0.15) is 6.33 Å². The molecule has 0 atom stereocenters. The van der Waals surface area contributed by atoms with Gasteiger partial charge in [-0.3, -0.25) is 14.7 Å². The molecule has 0 fully saturated rings.